The van der Waals surface area contributed by atoms with Gasteiger partial charge in [0.2, 0.25) is 0 Å². The summed E-state index contributed by atoms with van der Waals surface area (Å²) in [5.74, 6) is -0.907. The number of benzene rings is 1. The zero-order chi connectivity index (χ0) is 16.8. The van der Waals surface area contributed by atoms with Crippen molar-refractivity contribution in [2.24, 2.45) is 7.05 Å². The summed E-state index contributed by atoms with van der Waals surface area (Å²) in [5.41, 5.74) is -1.07. The third-order valence-electron chi connectivity index (χ3n) is 2.78. The van der Waals surface area contributed by atoms with Gasteiger partial charge in [-0.25, -0.2) is 12.8 Å². The largest absolute Gasteiger partial charge is 0.288 e. The van der Waals surface area contributed by atoms with Gasteiger partial charge in [-0.3, -0.25) is 14.8 Å². The lowest BCUT2D eigenvalue weighted by Crippen LogP contribution is -2.05. The maximum atomic E-state index is 14.0. The molecule has 0 aliphatic rings. The van der Waals surface area contributed by atoms with Gasteiger partial charge in [-0.05, 0) is 0 Å². The molecule has 2 aromatic rings. The van der Waals surface area contributed by atoms with E-state index in [0.29, 0.717) is 0 Å². The molecule has 0 atom stereocenters. The minimum Gasteiger partial charge on any atom is -0.258 e. The van der Waals surface area contributed by atoms with Crippen LogP contribution < -0.4 is 0 Å². The van der Waals surface area contributed by atoms with E-state index in [1.165, 1.54) is 7.05 Å². The lowest BCUT2D eigenvalue weighted by atomic mass is 10.1. The molecule has 118 valence electrons. The average Bonchev–Trinajstić information content (AvgIpc) is 2.63. The molecule has 0 unspecified atom stereocenters. The highest BCUT2D eigenvalue weighted by Crippen LogP contribution is 2.37. The molecule has 22 heavy (non-hydrogen) atoms. The first-order chi connectivity index (χ1) is 10.0. The summed E-state index contributed by atoms with van der Waals surface area (Å²) < 4.78 is 38.3. The monoisotopic (exact) mass is 367 g/mol. The van der Waals surface area contributed by atoms with Crippen molar-refractivity contribution in [3.63, 3.8) is 0 Å². The fourth-order valence-electron chi connectivity index (χ4n) is 1.92. The van der Waals surface area contributed by atoms with Crippen LogP contribution in [0.3, 0.4) is 0 Å². The van der Waals surface area contributed by atoms with Gasteiger partial charge in [0, 0.05) is 31.0 Å². The highest BCUT2D eigenvalue weighted by atomic mass is 35.5. The standard InChI is InChI=1S/C11H8Cl2FN3O4S/c1-16-11(22(2,20)21)9(13)10(15-16)5-3-8(17(18)19)6(12)4-7(5)14/h3-4H,1-2H3. The molecule has 0 aliphatic heterocycles. The maximum Gasteiger partial charge on any atom is 0.288 e. The third-order valence-corrected chi connectivity index (χ3v) is 4.72. The Bertz CT molecular complexity index is 895. The van der Waals surface area contributed by atoms with E-state index in [2.05, 4.69) is 5.10 Å². The van der Waals surface area contributed by atoms with Crippen molar-refractivity contribution in [3.05, 3.63) is 38.1 Å². The van der Waals surface area contributed by atoms with Gasteiger partial charge >= 0.3 is 0 Å². The first-order valence-electron chi connectivity index (χ1n) is 5.60. The van der Waals surface area contributed by atoms with E-state index in [-0.39, 0.29) is 26.3 Å². The topological polar surface area (TPSA) is 95.1 Å². The van der Waals surface area contributed by atoms with Crippen LogP contribution in [0.5, 0.6) is 0 Å². The SMILES string of the molecule is Cn1nc(-c2cc([N+](=O)[O-])c(Cl)cc2F)c(Cl)c1S(C)(=O)=O. The Morgan fingerprint density at radius 1 is 1.36 bits per heavy atom. The molecule has 0 bridgehead atoms. The number of aryl methyl sites for hydroxylation is 1. The van der Waals surface area contributed by atoms with Gasteiger partial charge in [0.05, 0.1) is 4.92 Å². The number of halogens is 3. The second kappa shape index (κ2) is 5.49. The zero-order valence-corrected chi connectivity index (χ0v) is 13.5. The van der Waals surface area contributed by atoms with Gasteiger partial charge in [0.25, 0.3) is 5.69 Å². The number of nitrogens with zero attached hydrogens (tertiary/aromatic N) is 3. The molecule has 1 aromatic heterocycles. The molecular weight excluding hydrogens is 360 g/mol. The van der Waals surface area contributed by atoms with Crippen LogP contribution in [0.2, 0.25) is 10.0 Å². The minimum atomic E-state index is -3.71. The molecular formula is C11H8Cl2FN3O4S. The minimum absolute atomic E-state index is 0.221. The van der Waals surface area contributed by atoms with Gasteiger partial charge < -0.3 is 0 Å². The van der Waals surface area contributed by atoms with E-state index >= 15 is 0 Å². The predicted molar refractivity (Wildman–Crippen MR) is 78.4 cm³/mol. The van der Waals surface area contributed by atoms with Crippen molar-refractivity contribution >= 4 is 38.7 Å². The predicted octanol–water partition coefficient (Wildman–Crippen LogP) is 2.84. The van der Waals surface area contributed by atoms with E-state index in [4.69, 9.17) is 23.2 Å². The van der Waals surface area contributed by atoms with E-state index in [0.717, 1.165) is 23.1 Å². The number of aromatic nitrogens is 2. The molecule has 0 N–H and O–H groups in total. The van der Waals surface area contributed by atoms with Crippen LogP contribution in [0.4, 0.5) is 10.1 Å². The Morgan fingerprint density at radius 3 is 2.41 bits per heavy atom. The van der Waals surface area contributed by atoms with Crippen molar-refractivity contribution < 1.29 is 17.7 Å². The summed E-state index contributed by atoms with van der Waals surface area (Å²) in [7, 11) is -2.40. The summed E-state index contributed by atoms with van der Waals surface area (Å²) >= 11 is 11.6. The fourth-order valence-corrected chi connectivity index (χ4v) is 3.76. The first kappa shape index (κ1) is 16.7. The summed E-state index contributed by atoms with van der Waals surface area (Å²) in [6, 6.07) is 1.61. The number of hydrogen-bond donors (Lipinski definition) is 0. The summed E-state index contributed by atoms with van der Waals surface area (Å²) in [5, 5.41) is 13.7. The van der Waals surface area contributed by atoms with E-state index in [1.807, 2.05) is 0 Å². The van der Waals surface area contributed by atoms with Crippen molar-refractivity contribution in [1.82, 2.24) is 9.78 Å². The fraction of sp³-hybridized carbons (Fsp3) is 0.182. The number of rotatable bonds is 3. The van der Waals surface area contributed by atoms with Crippen molar-refractivity contribution in [1.29, 1.82) is 0 Å². The summed E-state index contributed by atoms with van der Waals surface area (Å²) in [4.78, 5) is 10.1. The summed E-state index contributed by atoms with van der Waals surface area (Å²) in [6.45, 7) is 0. The molecule has 0 saturated heterocycles. The van der Waals surface area contributed by atoms with Crippen LogP contribution in [0, 0.1) is 15.9 Å². The maximum absolute atomic E-state index is 14.0. The average molecular weight is 368 g/mol. The van der Waals surface area contributed by atoms with Crippen molar-refractivity contribution in [3.8, 4) is 11.3 Å². The molecule has 1 aromatic carbocycles. The number of nitro benzene ring substituents is 1. The molecule has 1 heterocycles. The summed E-state index contributed by atoms with van der Waals surface area (Å²) in [6.07, 6.45) is 0.917. The molecule has 0 saturated carbocycles. The van der Waals surface area contributed by atoms with Crippen LogP contribution in [0.25, 0.3) is 11.3 Å². The van der Waals surface area contributed by atoms with Crippen LogP contribution in [-0.4, -0.2) is 29.4 Å². The molecule has 11 heteroatoms. The van der Waals surface area contributed by atoms with Gasteiger partial charge in [-0.2, -0.15) is 5.10 Å². The van der Waals surface area contributed by atoms with Crippen LogP contribution >= 0.6 is 23.2 Å². The van der Waals surface area contributed by atoms with Crippen molar-refractivity contribution in [2.45, 2.75) is 5.03 Å². The lowest BCUT2D eigenvalue weighted by Gasteiger charge is -2.02. The van der Waals surface area contributed by atoms with Crippen molar-refractivity contribution in [2.75, 3.05) is 6.26 Å². The highest BCUT2D eigenvalue weighted by Gasteiger charge is 2.27. The Balaban J connectivity index is 2.79. The molecule has 2 rings (SSSR count). The van der Waals surface area contributed by atoms with E-state index < -0.39 is 26.3 Å². The first-order valence-corrected chi connectivity index (χ1v) is 8.25. The molecule has 7 nitrogen and oxygen atoms in total. The van der Waals surface area contributed by atoms with Gasteiger partial charge in [0.15, 0.2) is 14.9 Å². The molecule has 0 fully saturated rings. The molecule has 0 amide bonds. The van der Waals surface area contributed by atoms with E-state index in [9.17, 15) is 22.9 Å². The number of hydrogen-bond acceptors (Lipinski definition) is 5. The molecule has 0 spiro atoms. The Hall–Kier alpha value is -1.71. The quantitative estimate of drug-likeness (QED) is 0.613. The molecule has 0 aliphatic carbocycles. The Kier molecular flexibility index (Phi) is 4.16. The smallest absolute Gasteiger partial charge is 0.258 e. The second-order valence-electron chi connectivity index (χ2n) is 4.40. The highest BCUT2D eigenvalue weighted by molar-refractivity contribution is 7.90. The second-order valence-corrected chi connectivity index (χ2v) is 7.12. The molecule has 0 radical (unpaired) electrons. The Labute approximate surface area is 134 Å². The lowest BCUT2D eigenvalue weighted by molar-refractivity contribution is -0.384. The van der Waals surface area contributed by atoms with Gasteiger partial charge in [0.1, 0.15) is 21.6 Å². The van der Waals surface area contributed by atoms with Crippen LogP contribution in [0.15, 0.2) is 17.2 Å². The zero-order valence-electron chi connectivity index (χ0n) is 11.2. The van der Waals surface area contributed by atoms with Gasteiger partial charge in [-0.1, -0.05) is 23.2 Å². The Morgan fingerprint density at radius 2 is 1.95 bits per heavy atom. The van der Waals surface area contributed by atoms with Gasteiger partial charge in [-0.15, -0.1) is 0 Å². The third kappa shape index (κ3) is 2.79. The van der Waals surface area contributed by atoms with Crippen LogP contribution in [0.1, 0.15) is 0 Å². The normalized spacial score (nSPS) is 11.7. The van der Waals surface area contributed by atoms with Crippen LogP contribution in [-0.2, 0) is 16.9 Å². The number of nitro groups is 1. The number of sulfone groups is 1. The van der Waals surface area contributed by atoms with E-state index in [1.54, 1.807) is 0 Å².